The highest BCUT2D eigenvalue weighted by Crippen LogP contribution is 2.18. The summed E-state index contributed by atoms with van der Waals surface area (Å²) in [7, 11) is 0. The van der Waals surface area contributed by atoms with Gasteiger partial charge in [-0.05, 0) is 48.7 Å². The first kappa shape index (κ1) is 13.2. The van der Waals surface area contributed by atoms with Crippen molar-refractivity contribution in [1.29, 1.82) is 0 Å². The molecule has 0 aliphatic carbocycles. The number of aryl methyl sites for hydroxylation is 1. The third-order valence-corrected chi connectivity index (χ3v) is 3.46. The first-order chi connectivity index (χ1) is 10.1. The van der Waals surface area contributed by atoms with Crippen LogP contribution in [0.15, 0.2) is 48.8 Å². The quantitative estimate of drug-likeness (QED) is 0.800. The Labute approximate surface area is 122 Å². The normalized spacial score (nSPS) is 10.7. The van der Waals surface area contributed by atoms with Gasteiger partial charge in [-0.3, -0.25) is 14.8 Å². The molecular weight excluding hydrogens is 262 g/mol. The maximum Gasteiger partial charge on any atom is 0.249 e. The van der Waals surface area contributed by atoms with E-state index in [4.69, 9.17) is 5.73 Å². The van der Waals surface area contributed by atoms with Gasteiger partial charge in [0, 0.05) is 29.0 Å². The molecule has 0 atom stereocenters. The van der Waals surface area contributed by atoms with Crippen LogP contribution in [0.2, 0.25) is 0 Å². The van der Waals surface area contributed by atoms with Crippen molar-refractivity contribution < 1.29 is 4.79 Å². The summed E-state index contributed by atoms with van der Waals surface area (Å²) in [5.41, 5.74) is 9.83. The summed E-state index contributed by atoms with van der Waals surface area (Å²) >= 11 is 0. The summed E-state index contributed by atoms with van der Waals surface area (Å²) < 4.78 is 0. The van der Waals surface area contributed by atoms with E-state index >= 15 is 0 Å². The number of hydrogen-bond acceptors (Lipinski definition) is 3. The number of primary amides is 1. The van der Waals surface area contributed by atoms with E-state index in [0.29, 0.717) is 12.0 Å². The number of carbonyl (C=O) groups is 1. The number of aromatic nitrogens is 2. The third kappa shape index (κ3) is 2.74. The molecule has 0 aliphatic rings. The summed E-state index contributed by atoms with van der Waals surface area (Å²) in [6.07, 6.45) is 3.89. The summed E-state index contributed by atoms with van der Waals surface area (Å²) in [6.45, 7) is 1.97. The fourth-order valence-electron chi connectivity index (χ4n) is 2.42. The van der Waals surface area contributed by atoms with E-state index < -0.39 is 5.91 Å². The van der Waals surface area contributed by atoms with Crippen LogP contribution in [0.5, 0.6) is 0 Å². The van der Waals surface area contributed by atoms with Crippen molar-refractivity contribution in [3.05, 3.63) is 71.2 Å². The Bertz CT molecular complexity index is 827. The van der Waals surface area contributed by atoms with E-state index in [9.17, 15) is 4.79 Å². The van der Waals surface area contributed by atoms with Crippen LogP contribution in [0.4, 0.5) is 0 Å². The van der Waals surface area contributed by atoms with Gasteiger partial charge >= 0.3 is 0 Å². The van der Waals surface area contributed by atoms with Gasteiger partial charge < -0.3 is 5.73 Å². The first-order valence-electron chi connectivity index (χ1n) is 6.72. The maximum atomic E-state index is 11.4. The highest BCUT2D eigenvalue weighted by Gasteiger charge is 2.09. The van der Waals surface area contributed by atoms with Crippen LogP contribution in [-0.4, -0.2) is 15.9 Å². The number of amides is 1. The zero-order chi connectivity index (χ0) is 14.8. The lowest BCUT2D eigenvalue weighted by molar-refractivity contribution is 0.0999. The molecular formula is C17H15N3O. The molecule has 4 nitrogen and oxygen atoms in total. The van der Waals surface area contributed by atoms with Crippen molar-refractivity contribution in [3.8, 4) is 0 Å². The lowest BCUT2D eigenvalue weighted by atomic mass is 10.00. The molecule has 3 rings (SSSR count). The average molecular weight is 277 g/mol. The van der Waals surface area contributed by atoms with Crippen LogP contribution in [0, 0.1) is 6.92 Å². The van der Waals surface area contributed by atoms with Crippen molar-refractivity contribution >= 4 is 16.8 Å². The van der Waals surface area contributed by atoms with Crippen LogP contribution in [0.3, 0.4) is 0 Å². The average Bonchev–Trinajstić information content (AvgIpc) is 2.48. The lowest BCUT2D eigenvalue weighted by Crippen LogP contribution is -2.14. The standard InChI is InChI=1S/C17H15N3O/c1-11-2-4-13-8-12(3-5-16(13)20-11)9-14-10-19-7-6-15(14)17(18)21/h2-8,10H,9H2,1H3,(H2,18,21). The van der Waals surface area contributed by atoms with Gasteiger partial charge in [0.15, 0.2) is 0 Å². The minimum absolute atomic E-state index is 0.425. The van der Waals surface area contributed by atoms with E-state index in [0.717, 1.165) is 27.7 Å². The van der Waals surface area contributed by atoms with Crippen molar-refractivity contribution in [3.63, 3.8) is 0 Å². The minimum atomic E-state index is -0.425. The molecule has 0 aliphatic heterocycles. The first-order valence-corrected chi connectivity index (χ1v) is 6.72. The van der Waals surface area contributed by atoms with Gasteiger partial charge in [0.1, 0.15) is 0 Å². The van der Waals surface area contributed by atoms with Gasteiger partial charge in [-0.2, -0.15) is 0 Å². The number of nitrogens with two attached hydrogens (primary N) is 1. The number of carbonyl (C=O) groups excluding carboxylic acids is 1. The Hall–Kier alpha value is -2.75. The molecule has 0 spiro atoms. The smallest absolute Gasteiger partial charge is 0.249 e. The molecule has 2 heterocycles. The van der Waals surface area contributed by atoms with Crippen LogP contribution in [0.1, 0.15) is 27.2 Å². The maximum absolute atomic E-state index is 11.4. The molecule has 1 aromatic carbocycles. The van der Waals surface area contributed by atoms with Crippen molar-refractivity contribution in [2.45, 2.75) is 13.3 Å². The Morgan fingerprint density at radius 3 is 2.86 bits per heavy atom. The Balaban J connectivity index is 1.99. The minimum Gasteiger partial charge on any atom is -0.366 e. The molecule has 0 saturated carbocycles. The predicted molar refractivity (Wildman–Crippen MR) is 82.0 cm³/mol. The van der Waals surface area contributed by atoms with Gasteiger partial charge in [-0.1, -0.05) is 12.1 Å². The molecule has 0 fully saturated rings. The van der Waals surface area contributed by atoms with Crippen LogP contribution >= 0.6 is 0 Å². The Kier molecular flexibility index (Phi) is 3.36. The van der Waals surface area contributed by atoms with Gasteiger partial charge in [0.05, 0.1) is 5.52 Å². The van der Waals surface area contributed by atoms with Crippen molar-refractivity contribution in [2.24, 2.45) is 5.73 Å². The Morgan fingerprint density at radius 1 is 1.19 bits per heavy atom. The van der Waals surface area contributed by atoms with Gasteiger partial charge in [-0.25, -0.2) is 0 Å². The molecule has 4 heteroatoms. The molecule has 0 saturated heterocycles. The number of benzene rings is 1. The van der Waals surface area contributed by atoms with E-state index in [1.165, 1.54) is 0 Å². The monoisotopic (exact) mass is 277 g/mol. The fourth-order valence-corrected chi connectivity index (χ4v) is 2.42. The van der Waals surface area contributed by atoms with Gasteiger partial charge in [-0.15, -0.1) is 0 Å². The highest BCUT2D eigenvalue weighted by molar-refractivity contribution is 5.94. The summed E-state index contributed by atoms with van der Waals surface area (Å²) in [4.78, 5) is 20.0. The SMILES string of the molecule is Cc1ccc2cc(Cc3cnccc3C(N)=O)ccc2n1. The fraction of sp³-hybridized carbons (Fsp3) is 0.118. The lowest BCUT2D eigenvalue weighted by Gasteiger charge is -2.07. The number of pyridine rings is 2. The van der Waals surface area contributed by atoms with Crippen LogP contribution < -0.4 is 5.73 Å². The number of nitrogens with zero attached hydrogens (tertiary/aromatic N) is 2. The molecule has 21 heavy (non-hydrogen) atoms. The van der Waals surface area contributed by atoms with E-state index in [-0.39, 0.29) is 0 Å². The number of hydrogen-bond donors (Lipinski definition) is 1. The van der Waals surface area contributed by atoms with E-state index in [1.54, 1.807) is 18.5 Å². The predicted octanol–water partition coefficient (Wildman–Crippen LogP) is 2.63. The molecule has 0 bridgehead atoms. The molecule has 0 unspecified atom stereocenters. The summed E-state index contributed by atoms with van der Waals surface area (Å²) in [6, 6.07) is 11.8. The zero-order valence-corrected chi connectivity index (χ0v) is 11.7. The van der Waals surface area contributed by atoms with E-state index in [2.05, 4.69) is 22.1 Å². The largest absolute Gasteiger partial charge is 0.366 e. The third-order valence-electron chi connectivity index (χ3n) is 3.46. The highest BCUT2D eigenvalue weighted by atomic mass is 16.1. The molecule has 1 amide bonds. The molecule has 3 aromatic rings. The van der Waals surface area contributed by atoms with Crippen LogP contribution in [-0.2, 0) is 6.42 Å². The van der Waals surface area contributed by atoms with Gasteiger partial charge in [0.25, 0.3) is 0 Å². The second-order valence-corrected chi connectivity index (χ2v) is 5.05. The summed E-state index contributed by atoms with van der Waals surface area (Å²) in [5, 5.41) is 1.09. The molecule has 104 valence electrons. The Morgan fingerprint density at radius 2 is 2.05 bits per heavy atom. The molecule has 2 N–H and O–H groups in total. The van der Waals surface area contributed by atoms with Crippen molar-refractivity contribution in [2.75, 3.05) is 0 Å². The second kappa shape index (κ2) is 5.32. The topological polar surface area (TPSA) is 68.9 Å². The number of fused-ring (bicyclic) bond motifs is 1. The van der Waals surface area contributed by atoms with Gasteiger partial charge in [0.2, 0.25) is 5.91 Å². The second-order valence-electron chi connectivity index (χ2n) is 5.05. The van der Waals surface area contributed by atoms with E-state index in [1.807, 2.05) is 25.1 Å². The summed E-state index contributed by atoms with van der Waals surface area (Å²) in [5.74, 6) is -0.425. The zero-order valence-electron chi connectivity index (χ0n) is 11.7. The van der Waals surface area contributed by atoms with Crippen molar-refractivity contribution in [1.82, 2.24) is 9.97 Å². The molecule has 2 aromatic heterocycles. The molecule has 0 radical (unpaired) electrons. The van der Waals surface area contributed by atoms with Crippen LogP contribution in [0.25, 0.3) is 10.9 Å². The number of rotatable bonds is 3.